The normalized spacial score (nSPS) is 12.7. The Morgan fingerprint density at radius 3 is 2.40 bits per heavy atom. The van der Waals surface area contributed by atoms with Crippen LogP contribution in [0.25, 0.3) is 10.2 Å². The molecule has 1 aliphatic heterocycles. The molecule has 0 aliphatic carbocycles. The number of nitrogens with zero attached hydrogens (tertiary/aromatic N) is 2. The highest BCUT2D eigenvalue weighted by atomic mass is 32.1. The third-order valence-electron chi connectivity index (χ3n) is 4.54. The average Bonchev–Trinajstić information content (AvgIpc) is 3.35. The van der Waals surface area contributed by atoms with Gasteiger partial charge in [-0.15, -0.1) is 6.42 Å². The van der Waals surface area contributed by atoms with E-state index in [0.717, 1.165) is 10.2 Å². The fourth-order valence-electron chi connectivity index (χ4n) is 3.15. The average molecular weight is 426 g/mol. The summed E-state index contributed by atoms with van der Waals surface area (Å²) in [6.45, 7) is 0.430. The molecule has 9 heteroatoms. The molecule has 0 bridgehead atoms. The number of fused-ring (bicyclic) bond motifs is 2. The van der Waals surface area contributed by atoms with E-state index in [1.165, 1.54) is 32.7 Å². The van der Waals surface area contributed by atoms with Gasteiger partial charge in [-0.05, 0) is 12.1 Å². The van der Waals surface area contributed by atoms with Crippen molar-refractivity contribution in [3.8, 4) is 41.1 Å². The fraction of sp³-hybridized carbons (Fsp3) is 0.238. The first-order chi connectivity index (χ1) is 14.6. The van der Waals surface area contributed by atoms with Crippen LogP contribution < -0.4 is 28.5 Å². The summed E-state index contributed by atoms with van der Waals surface area (Å²) >= 11 is 1.34. The largest absolute Gasteiger partial charge is 0.493 e. The number of thiazole rings is 1. The minimum Gasteiger partial charge on any atom is -0.493 e. The smallest absolute Gasteiger partial charge is 0.279 e. The minimum absolute atomic E-state index is 0.179. The number of aromatic nitrogens is 1. The van der Waals surface area contributed by atoms with Gasteiger partial charge in [0.05, 0.1) is 38.1 Å². The maximum atomic E-state index is 13.0. The summed E-state index contributed by atoms with van der Waals surface area (Å²) in [5.41, 5.74) is 1.11. The summed E-state index contributed by atoms with van der Waals surface area (Å²) < 4.78 is 29.5. The molecule has 2 heterocycles. The van der Waals surface area contributed by atoms with E-state index in [9.17, 15) is 4.79 Å². The highest BCUT2D eigenvalue weighted by molar-refractivity contribution is 7.16. The maximum absolute atomic E-state index is 13.0. The number of carbonyl (C=O) groups excluding carboxylic acids is 1. The van der Waals surface area contributed by atoms with Gasteiger partial charge < -0.3 is 28.3 Å². The number of hydrogen-bond donors (Lipinski definition) is 0. The van der Waals surface area contributed by atoms with E-state index < -0.39 is 5.91 Å². The molecule has 0 saturated heterocycles. The lowest BCUT2D eigenvalue weighted by molar-refractivity contribution is 0.0997. The number of terminal acetylenes is 1. The van der Waals surface area contributed by atoms with Gasteiger partial charge in [-0.1, -0.05) is 17.3 Å². The molecule has 0 saturated carbocycles. The van der Waals surface area contributed by atoms with Gasteiger partial charge in [0.25, 0.3) is 5.91 Å². The minimum atomic E-state index is -0.466. The van der Waals surface area contributed by atoms with Gasteiger partial charge in [0.15, 0.2) is 27.8 Å². The summed E-state index contributed by atoms with van der Waals surface area (Å²) in [6, 6.07) is 6.82. The van der Waals surface area contributed by atoms with Crippen molar-refractivity contribution in [2.24, 2.45) is 4.99 Å². The van der Waals surface area contributed by atoms with Crippen LogP contribution >= 0.6 is 11.3 Å². The molecule has 3 aromatic rings. The first-order valence-electron chi connectivity index (χ1n) is 8.85. The predicted octanol–water partition coefficient (Wildman–Crippen LogP) is 2.83. The molecule has 0 N–H and O–H groups in total. The predicted molar refractivity (Wildman–Crippen MR) is 111 cm³/mol. The lowest BCUT2D eigenvalue weighted by atomic mass is 10.1. The van der Waals surface area contributed by atoms with E-state index in [0.29, 0.717) is 39.1 Å². The number of ether oxygens (including phenoxy) is 5. The Hall–Kier alpha value is -3.64. The molecular weight excluding hydrogens is 408 g/mol. The molecular formula is C21H18N2O6S. The molecule has 0 atom stereocenters. The summed E-state index contributed by atoms with van der Waals surface area (Å²) in [7, 11) is 4.47. The quantitative estimate of drug-likeness (QED) is 0.584. The van der Waals surface area contributed by atoms with Gasteiger partial charge in [0.1, 0.15) is 0 Å². The van der Waals surface area contributed by atoms with Crippen LogP contribution in [0.15, 0.2) is 29.3 Å². The molecule has 30 heavy (non-hydrogen) atoms. The van der Waals surface area contributed by atoms with Crippen molar-refractivity contribution < 1.29 is 28.5 Å². The highest BCUT2D eigenvalue weighted by Crippen LogP contribution is 2.39. The molecule has 0 radical (unpaired) electrons. The second-order valence-corrected chi connectivity index (χ2v) is 7.19. The zero-order chi connectivity index (χ0) is 21.3. The summed E-state index contributed by atoms with van der Waals surface area (Å²) in [6.07, 6.45) is 5.55. The maximum Gasteiger partial charge on any atom is 0.279 e. The van der Waals surface area contributed by atoms with Crippen molar-refractivity contribution in [3.63, 3.8) is 0 Å². The van der Waals surface area contributed by atoms with Gasteiger partial charge in [-0.25, -0.2) is 0 Å². The molecule has 1 aromatic heterocycles. The van der Waals surface area contributed by atoms with Crippen molar-refractivity contribution in [1.82, 2.24) is 4.57 Å². The molecule has 0 unspecified atom stereocenters. The van der Waals surface area contributed by atoms with Crippen molar-refractivity contribution in [2.75, 3.05) is 28.1 Å². The molecule has 2 aromatic carbocycles. The van der Waals surface area contributed by atoms with Crippen LogP contribution in [0.3, 0.4) is 0 Å². The number of rotatable bonds is 5. The Morgan fingerprint density at radius 2 is 1.80 bits per heavy atom. The van der Waals surface area contributed by atoms with Gasteiger partial charge in [-0.3, -0.25) is 4.79 Å². The first kappa shape index (κ1) is 19.7. The van der Waals surface area contributed by atoms with Crippen LogP contribution in [0, 0.1) is 12.3 Å². The van der Waals surface area contributed by atoms with Crippen LogP contribution in [0.4, 0.5) is 0 Å². The van der Waals surface area contributed by atoms with Gasteiger partial charge in [0, 0.05) is 17.7 Å². The molecule has 1 aliphatic rings. The summed E-state index contributed by atoms with van der Waals surface area (Å²) in [5.74, 6) is 4.56. The third-order valence-corrected chi connectivity index (χ3v) is 5.58. The number of hydrogen-bond acceptors (Lipinski definition) is 7. The molecule has 0 spiro atoms. The highest BCUT2D eigenvalue weighted by Gasteiger charge is 2.19. The van der Waals surface area contributed by atoms with E-state index in [1.807, 2.05) is 12.1 Å². The second kappa shape index (κ2) is 8.00. The van der Waals surface area contributed by atoms with E-state index in [2.05, 4.69) is 10.9 Å². The zero-order valence-electron chi connectivity index (χ0n) is 16.6. The molecule has 0 fully saturated rings. The molecule has 8 nitrogen and oxygen atoms in total. The topological polar surface area (TPSA) is 80.5 Å². The van der Waals surface area contributed by atoms with Crippen LogP contribution in [0.5, 0.6) is 28.7 Å². The first-order valence-corrected chi connectivity index (χ1v) is 9.66. The van der Waals surface area contributed by atoms with Gasteiger partial charge >= 0.3 is 0 Å². The monoisotopic (exact) mass is 426 g/mol. The van der Waals surface area contributed by atoms with Crippen LogP contribution in [-0.2, 0) is 6.54 Å². The standard InChI is InChI=1S/C21H18N2O6S/c1-5-6-23-13-9-14-15(29-11-28-14)10-18(13)30-21(23)22-20(24)12-7-16(25-2)19(27-4)17(8-12)26-3/h1,7-10H,6,11H2,2-4H3. The Kier molecular flexibility index (Phi) is 5.25. The molecule has 1 amide bonds. The van der Waals surface area contributed by atoms with Crippen molar-refractivity contribution in [2.45, 2.75) is 6.54 Å². The number of amides is 1. The number of benzene rings is 2. The van der Waals surface area contributed by atoms with Crippen LogP contribution in [-0.4, -0.2) is 38.6 Å². The Bertz CT molecular complexity index is 1230. The van der Waals surface area contributed by atoms with E-state index in [-0.39, 0.29) is 13.3 Å². The van der Waals surface area contributed by atoms with Crippen molar-refractivity contribution in [1.29, 1.82) is 0 Å². The lowest BCUT2D eigenvalue weighted by Gasteiger charge is -2.12. The number of methoxy groups -OCH3 is 3. The summed E-state index contributed by atoms with van der Waals surface area (Å²) in [4.78, 5) is 17.7. The second-order valence-electron chi connectivity index (χ2n) is 6.18. The van der Waals surface area contributed by atoms with E-state index >= 15 is 0 Å². The third kappa shape index (κ3) is 3.31. The fourth-order valence-corrected chi connectivity index (χ4v) is 4.18. The molecule has 154 valence electrons. The van der Waals surface area contributed by atoms with Crippen LogP contribution in [0.2, 0.25) is 0 Å². The zero-order valence-corrected chi connectivity index (χ0v) is 17.4. The number of carbonyl (C=O) groups is 1. The van der Waals surface area contributed by atoms with Crippen molar-refractivity contribution >= 4 is 27.5 Å². The summed E-state index contributed by atoms with van der Waals surface area (Å²) in [5, 5.41) is 0. The Labute approximate surface area is 176 Å². The lowest BCUT2D eigenvalue weighted by Crippen LogP contribution is -2.16. The van der Waals surface area contributed by atoms with E-state index in [4.69, 9.17) is 30.1 Å². The van der Waals surface area contributed by atoms with E-state index in [1.54, 1.807) is 16.7 Å². The Morgan fingerprint density at radius 1 is 1.13 bits per heavy atom. The van der Waals surface area contributed by atoms with Gasteiger partial charge in [-0.2, -0.15) is 4.99 Å². The SMILES string of the molecule is C#CCn1c(=NC(=O)c2cc(OC)c(OC)c(OC)c2)sc2cc3c(cc21)OCO3. The van der Waals surface area contributed by atoms with Crippen molar-refractivity contribution in [3.05, 3.63) is 34.6 Å². The van der Waals surface area contributed by atoms with Gasteiger partial charge in [0.2, 0.25) is 12.5 Å². The Balaban J connectivity index is 1.84. The van der Waals surface area contributed by atoms with Crippen LogP contribution in [0.1, 0.15) is 10.4 Å². The molecule has 4 rings (SSSR count).